The number of halogens is 2. The molecule has 1 atom stereocenters. The van der Waals surface area contributed by atoms with Crippen molar-refractivity contribution >= 4 is 24.2 Å². The fraction of sp³-hybridized carbons (Fsp3) is 0.448. The first-order valence-corrected chi connectivity index (χ1v) is 13.6. The number of piperazine rings is 1. The predicted octanol–water partition coefficient (Wildman–Crippen LogP) is 4.20. The van der Waals surface area contributed by atoms with Gasteiger partial charge in [0.25, 0.3) is 0 Å². The molecular formula is C29H38F2N8O. The lowest BCUT2D eigenvalue weighted by Crippen LogP contribution is -2.45. The van der Waals surface area contributed by atoms with Crippen LogP contribution >= 0.6 is 0 Å². The average Bonchev–Trinajstić information content (AvgIpc) is 2.97. The maximum absolute atomic E-state index is 15.0. The molecule has 1 aliphatic heterocycles. The second kappa shape index (κ2) is 14.3. The number of aliphatic imine (C=N–C) groups is 1. The summed E-state index contributed by atoms with van der Waals surface area (Å²) in [5, 5.41) is 6.21. The number of benzene rings is 1. The van der Waals surface area contributed by atoms with Crippen molar-refractivity contribution in [2.75, 3.05) is 58.8 Å². The Hall–Kier alpha value is -3.38. The van der Waals surface area contributed by atoms with Crippen molar-refractivity contribution in [1.82, 2.24) is 30.1 Å². The summed E-state index contributed by atoms with van der Waals surface area (Å²) in [6.45, 7) is 12.4. The molecule has 1 fully saturated rings. The molecule has 3 heterocycles. The number of hydrogen-bond donors (Lipinski definition) is 2. The minimum absolute atomic E-state index is 0.0156. The highest BCUT2D eigenvalue weighted by molar-refractivity contribution is 5.68. The molecule has 11 heteroatoms. The number of aromatic nitrogens is 3. The molecule has 1 unspecified atom stereocenters. The zero-order chi connectivity index (χ0) is 28.5. The molecule has 1 saturated heterocycles. The van der Waals surface area contributed by atoms with Gasteiger partial charge in [-0.1, -0.05) is 13.0 Å². The summed E-state index contributed by atoms with van der Waals surface area (Å²) >= 11 is 0. The van der Waals surface area contributed by atoms with Gasteiger partial charge in [0.05, 0.1) is 12.8 Å². The van der Waals surface area contributed by atoms with Gasteiger partial charge in [-0.25, -0.2) is 23.7 Å². The molecular weight excluding hydrogens is 514 g/mol. The summed E-state index contributed by atoms with van der Waals surface area (Å²) in [5.41, 5.74) is 2.16. The zero-order valence-corrected chi connectivity index (χ0v) is 23.5. The van der Waals surface area contributed by atoms with Crippen molar-refractivity contribution in [3.8, 4) is 11.3 Å². The standard InChI is InChI=1S/C29H38F2N8O/c1-5-38-10-12-39(13-11-38)18-20-6-9-26(34-16-20)36-29-35-17-25(31)28(37-29)22-14-21(27(33-3)24(30)15-22)7-8-23(32-2)19-40-4/h6,9,14-17,23,32H,3,5,7-8,10-13,18-19H2,1-2,4H3,(H,34,35,36,37). The Morgan fingerprint density at radius 1 is 1.07 bits per heavy atom. The highest BCUT2D eigenvalue weighted by Crippen LogP contribution is 2.32. The van der Waals surface area contributed by atoms with Gasteiger partial charge in [-0.2, -0.15) is 0 Å². The number of pyridine rings is 1. The first-order valence-electron chi connectivity index (χ1n) is 13.6. The minimum atomic E-state index is -0.658. The number of hydrogen-bond acceptors (Lipinski definition) is 9. The highest BCUT2D eigenvalue weighted by Gasteiger charge is 2.18. The molecule has 0 saturated carbocycles. The molecule has 2 N–H and O–H groups in total. The molecule has 0 aliphatic carbocycles. The van der Waals surface area contributed by atoms with Gasteiger partial charge in [-0.05, 0) is 62.5 Å². The van der Waals surface area contributed by atoms with E-state index >= 15 is 4.39 Å². The number of ether oxygens (including phenoxy) is 1. The van der Waals surface area contributed by atoms with E-state index in [0.717, 1.165) is 51.0 Å². The second-order valence-corrected chi connectivity index (χ2v) is 9.88. The van der Waals surface area contributed by atoms with E-state index in [9.17, 15) is 4.39 Å². The smallest absolute Gasteiger partial charge is 0.229 e. The van der Waals surface area contributed by atoms with Crippen LogP contribution in [0.2, 0.25) is 0 Å². The largest absolute Gasteiger partial charge is 0.383 e. The van der Waals surface area contributed by atoms with E-state index in [0.29, 0.717) is 36.4 Å². The van der Waals surface area contributed by atoms with Crippen LogP contribution in [0.5, 0.6) is 0 Å². The lowest BCUT2D eigenvalue weighted by Gasteiger charge is -2.33. The molecule has 2 aromatic heterocycles. The van der Waals surface area contributed by atoms with Crippen LogP contribution in [0, 0.1) is 11.6 Å². The summed E-state index contributed by atoms with van der Waals surface area (Å²) in [5.74, 6) is -0.549. The van der Waals surface area contributed by atoms with Gasteiger partial charge >= 0.3 is 0 Å². The summed E-state index contributed by atoms with van der Waals surface area (Å²) < 4.78 is 35.1. The van der Waals surface area contributed by atoms with Crippen LogP contribution < -0.4 is 10.6 Å². The van der Waals surface area contributed by atoms with E-state index < -0.39 is 11.6 Å². The number of nitrogens with one attached hydrogen (secondary N) is 2. The number of anilines is 2. The van der Waals surface area contributed by atoms with Crippen LogP contribution in [0.1, 0.15) is 24.5 Å². The van der Waals surface area contributed by atoms with Crippen LogP contribution in [0.3, 0.4) is 0 Å². The summed E-state index contributed by atoms with van der Waals surface area (Å²) in [6.07, 6.45) is 4.06. The highest BCUT2D eigenvalue weighted by atomic mass is 19.1. The Balaban J connectivity index is 1.48. The van der Waals surface area contributed by atoms with Gasteiger partial charge in [0.1, 0.15) is 23.0 Å². The maximum Gasteiger partial charge on any atom is 0.229 e. The first kappa shape index (κ1) is 29.6. The minimum Gasteiger partial charge on any atom is -0.383 e. The van der Waals surface area contributed by atoms with E-state index in [-0.39, 0.29) is 23.4 Å². The average molecular weight is 553 g/mol. The molecule has 9 nitrogen and oxygen atoms in total. The van der Waals surface area contributed by atoms with Gasteiger partial charge in [0.15, 0.2) is 5.82 Å². The zero-order valence-electron chi connectivity index (χ0n) is 23.5. The second-order valence-electron chi connectivity index (χ2n) is 9.88. The fourth-order valence-corrected chi connectivity index (χ4v) is 4.86. The number of methoxy groups -OCH3 is 1. The fourth-order valence-electron chi connectivity index (χ4n) is 4.86. The summed E-state index contributed by atoms with van der Waals surface area (Å²) in [6, 6.07) is 6.86. The lowest BCUT2D eigenvalue weighted by atomic mass is 9.99. The Morgan fingerprint density at radius 3 is 2.50 bits per heavy atom. The molecule has 214 valence electrons. The van der Waals surface area contributed by atoms with Crippen molar-refractivity contribution in [3.63, 3.8) is 0 Å². The predicted molar refractivity (Wildman–Crippen MR) is 155 cm³/mol. The van der Waals surface area contributed by atoms with Crippen LogP contribution in [0.4, 0.5) is 26.2 Å². The first-order chi connectivity index (χ1) is 19.4. The Morgan fingerprint density at radius 2 is 1.85 bits per heavy atom. The molecule has 40 heavy (non-hydrogen) atoms. The summed E-state index contributed by atoms with van der Waals surface area (Å²) in [4.78, 5) is 21.6. The third kappa shape index (κ3) is 7.63. The molecule has 3 aromatic rings. The molecule has 0 amide bonds. The van der Waals surface area contributed by atoms with E-state index in [2.05, 4.69) is 54.0 Å². The molecule has 4 rings (SSSR count). The monoisotopic (exact) mass is 552 g/mol. The normalized spacial score (nSPS) is 15.2. The van der Waals surface area contributed by atoms with Crippen molar-refractivity contribution in [2.24, 2.45) is 4.99 Å². The Bertz CT molecular complexity index is 1270. The number of rotatable bonds is 13. The van der Waals surface area contributed by atoms with Crippen LogP contribution in [0.15, 0.2) is 41.7 Å². The molecule has 0 bridgehead atoms. The van der Waals surface area contributed by atoms with E-state index in [1.54, 1.807) is 13.2 Å². The van der Waals surface area contributed by atoms with Gasteiger partial charge < -0.3 is 20.3 Å². The van der Waals surface area contributed by atoms with E-state index in [1.807, 2.05) is 25.4 Å². The Kier molecular flexibility index (Phi) is 10.6. The van der Waals surface area contributed by atoms with E-state index in [4.69, 9.17) is 4.74 Å². The third-order valence-electron chi connectivity index (χ3n) is 7.24. The molecule has 1 aliphatic rings. The van der Waals surface area contributed by atoms with Crippen molar-refractivity contribution in [1.29, 1.82) is 0 Å². The SMILES string of the molecule is C=Nc1c(F)cc(-c2nc(Nc3ccc(CN4CCN(CC)CC4)cn3)ncc2F)cc1CCC(COC)NC. The van der Waals surface area contributed by atoms with Gasteiger partial charge in [-0.15, -0.1) is 0 Å². The maximum atomic E-state index is 15.0. The van der Waals surface area contributed by atoms with Gasteiger partial charge in [0, 0.05) is 57.6 Å². The van der Waals surface area contributed by atoms with Crippen molar-refractivity contribution in [3.05, 3.63) is 59.4 Å². The quantitative estimate of drug-likeness (QED) is 0.305. The molecule has 0 radical (unpaired) electrons. The Labute approximate surface area is 234 Å². The topological polar surface area (TPSA) is 90.8 Å². The molecule has 0 spiro atoms. The van der Waals surface area contributed by atoms with E-state index in [1.165, 1.54) is 6.07 Å². The summed E-state index contributed by atoms with van der Waals surface area (Å²) in [7, 11) is 3.47. The number of nitrogens with zero attached hydrogens (tertiary/aromatic N) is 6. The lowest BCUT2D eigenvalue weighted by molar-refractivity contribution is 0.132. The van der Waals surface area contributed by atoms with Crippen molar-refractivity contribution < 1.29 is 13.5 Å². The number of likely N-dealkylation sites (N-methyl/N-ethyl adjacent to an activating group) is 2. The van der Waals surface area contributed by atoms with Gasteiger partial charge in [0.2, 0.25) is 5.95 Å². The van der Waals surface area contributed by atoms with Crippen LogP contribution in [-0.4, -0.2) is 91.0 Å². The number of aryl methyl sites for hydroxylation is 1. The third-order valence-corrected chi connectivity index (χ3v) is 7.24. The van der Waals surface area contributed by atoms with Crippen LogP contribution in [0.25, 0.3) is 11.3 Å². The molecule has 1 aromatic carbocycles. The van der Waals surface area contributed by atoms with Gasteiger partial charge in [-0.3, -0.25) is 9.89 Å². The van der Waals surface area contributed by atoms with Crippen LogP contribution in [-0.2, 0) is 17.7 Å². The van der Waals surface area contributed by atoms with Crippen molar-refractivity contribution in [2.45, 2.75) is 32.4 Å².